The topological polar surface area (TPSA) is 47.3 Å². The van der Waals surface area contributed by atoms with Gasteiger partial charge < -0.3 is 4.90 Å². The molecule has 1 saturated heterocycles. The third-order valence-corrected chi connectivity index (χ3v) is 6.27. The Morgan fingerprint density at radius 1 is 1.21 bits per heavy atom. The van der Waals surface area contributed by atoms with Crippen LogP contribution in [0.15, 0.2) is 41.6 Å². The number of amides is 1. The summed E-state index contributed by atoms with van der Waals surface area (Å²) in [5.41, 5.74) is -0.168. The second-order valence-corrected chi connectivity index (χ2v) is 8.02. The number of allylic oxidation sites excluding steroid dienone is 4. The molecule has 0 atom stereocenters. The molecule has 2 aliphatic carbocycles. The predicted octanol–water partition coefficient (Wildman–Crippen LogP) is 5.06. The Bertz CT molecular complexity index is 1010. The number of rotatable bonds is 2. The highest BCUT2D eigenvalue weighted by Gasteiger charge is 2.60. The zero-order valence-corrected chi connectivity index (χ0v) is 16.5. The first kappa shape index (κ1) is 19.6. The maximum absolute atomic E-state index is 13.4. The summed E-state index contributed by atoms with van der Waals surface area (Å²) < 4.78 is 40.3. The highest BCUT2D eigenvalue weighted by atomic mass is 32.1. The van der Waals surface area contributed by atoms with Crippen molar-refractivity contribution in [2.24, 2.45) is 0 Å². The fourth-order valence-electron chi connectivity index (χ4n) is 4.17. The average molecular weight is 417 g/mol. The number of thiocarbonyl (C=S) groups is 1. The second kappa shape index (κ2) is 6.70. The normalized spacial score (nSPS) is 21.1. The molecule has 0 bridgehead atoms. The molecule has 1 aromatic carbocycles. The summed E-state index contributed by atoms with van der Waals surface area (Å²) in [5, 5.41) is 9.23. The zero-order chi connectivity index (χ0) is 21.0. The van der Waals surface area contributed by atoms with Gasteiger partial charge in [-0.15, -0.1) is 0 Å². The first-order valence-corrected chi connectivity index (χ1v) is 9.76. The number of hydrogen-bond acceptors (Lipinski definition) is 3. The van der Waals surface area contributed by atoms with E-state index in [-0.39, 0.29) is 16.7 Å². The molecule has 0 N–H and O–H groups in total. The van der Waals surface area contributed by atoms with Gasteiger partial charge in [-0.2, -0.15) is 18.4 Å². The van der Waals surface area contributed by atoms with E-state index in [1.807, 2.05) is 24.0 Å². The van der Waals surface area contributed by atoms with Crippen molar-refractivity contribution >= 4 is 28.9 Å². The maximum atomic E-state index is 13.4. The van der Waals surface area contributed by atoms with Gasteiger partial charge in [0, 0.05) is 5.70 Å². The van der Waals surface area contributed by atoms with Crippen molar-refractivity contribution in [2.45, 2.75) is 50.7 Å². The lowest BCUT2D eigenvalue weighted by Gasteiger charge is -2.44. The van der Waals surface area contributed by atoms with Crippen LogP contribution in [-0.4, -0.2) is 21.5 Å². The number of anilines is 1. The van der Waals surface area contributed by atoms with E-state index in [1.54, 1.807) is 6.07 Å². The summed E-state index contributed by atoms with van der Waals surface area (Å²) >= 11 is 5.60. The number of carbonyl (C=O) groups is 1. The molecule has 1 spiro atoms. The minimum Gasteiger partial charge on any atom is -0.307 e. The minimum absolute atomic E-state index is 0.0447. The summed E-state index contributed by atoms with van der Waals surface area (Å²) in [6, 6.07) is 4.86. The van der Waals surface area contributed by atoms with Crippen molar-refractivity contribution in [3.63, 3.8) is 0 Å². The van der Waals surface area contributed by atoms with E-state index < -0.39 is 22.8 Å². The second-order valence-electron chi connectivity index (χ2n) is 7.65. The number of nitriles is 1. The molecule has 4 nitrogen and oxygen atoms in total. The Labute approximate surface area is 171 Å². The van der Waals surface area contributed by atoms with Crippen LogP contribution in [0.25, 0.3) is 0 Å². The number of alkyl halides is 3. The number of nitrogens with zero attached hydrogens (tertiary/aromatic N) is 3. The first-order valence-electron chi connectivity index (χ1n) is 9.35. The molecule has 3 aliphatic rings. The van der Waals surface area contributed by atoms with E-state index >= 15 is 0 Å². The van der Waals surface area contributed by atoms with Crippen molar-refractivity contribution in [2.75, 3.05) is 4.90 Å². The molecule has 150 valence electrons. The molecule has 4 rings (SSSR count). The average Bonchev–Trinajstić information content (AvgIpc) is 2.88. The number of benzene rings is 1. The first-order chi connectivity index (χ1) is 13.7. The van der Waals surface area contributed by atoms with E-state index in [1.165, 1.54) is 16.5 Å². The van der Waals surface area contributed by atoms with Gasteiger partial charge in [0.1, 0.15) is 5.54 Å². The van der Waals surface area contributed by atoms with Gasteiger partial charge in [-0.25, -0.2) is 0 Å². The molecule has 0 radical (unpaired) electrons. The van der Waals surface area contributed by atoms with Crippen LogP contribution in [0.3, 0.4) is 0 Å². The summed E-state index contributed by atoms with van der Waals surface area (Å²) in [4.78, 5) is 16.4. The van der Waals surface area contributed by atoms with Crippen LogP contribution in [-0.2, 0) is 11.0 Å². The van der Waals surface area contributed by atoms with Gasteiger partial charge in [0.2, 0.25) is 0 Å². The summed E-state index contributed by atoms with van der Waals surface area (Å²) in [5.74, 6) is -0.293. The van der Waals surface area contributed by atoms with Crippen LogP contribution in [0.5, 0.6) is 0 Å². The molecule has 1 aromatic rings. The van der Waals surface area contributed by atoms with E-state index in [0.29, 0.717) is 12.8 Å². The molecule has 1 heterocycles. The van der Waals surface area contributed by atoms with Gasteiger partial charge in [-0.3, -0.25) is 9.69 Å². The van der Waals surface area contributed by atoms with Gasteiger partial charge in [0.25, 0.3) is 5.91 Å². The van der Waals surface area contributed by atoms with Crippen molar-refractivity contribution in [3.05, 3.63) is 52.7 Å². The lowest BCUT2D eigenvalue weighted by atomic mass is 9.75. The van der Waals surface area contributed by atoms with E-state index in [4.69, 9.17) is 17.5 Å². The predicted molar refractivity (Wildman–Crippen MR) is 106 cm³/mol. The number of carbonyl (C=O) groups excluding carboxylic acids is 1. The van der Waals surface area contributed by atoms with Crippen molar-refractivity contribution < 1.29 is 18.0 Å². The van der Waals surface area contributed by atoms with Crippen molar-refractivity contribution in [1.29, 1.82) is 5.26 Å². The van der Waals surface area contributed by atoms with E-state index in [9.17, 15) is 18.0 Å². The Balaban J connectivity index is 1.79. The highest BCUT2D eigenvalue weighted by Crippen LogP contribution is 2.49. The van der Waals surface area contributed by atoms with Crippen molar-refractivity contribution in [1.82, 2.24) is 4.90 Å². The largest absolute Gasteiger partial charge is 0.417 e. The van der Waals surface area contributed by atoms with Gasteiger partial charge in [-0.1, -0.05) is 11.6 Å². The molecule has 2 fully saturated rings. The molecular weight excluding hydrogens is 399 g/mol. The Morgan fingerprint density at radius 3 is 2.45 bits per heavy atom. The highest BCUT2D eigenvalue weighted by molar-refractivity contribution is 7.80. The standard InChI is InChI=1S/C21H18F3N3OS/c1-13-3-6-15(7-4-13)27-19(29)26(18(28)20(27)9-2-10-20)16-8-5-14(12-25)17(11-16)21(22,23)24/h3,5-6,8,11H,2,4,7,9-10H2,1H3. The molecule has 1 aliphatic heterocycles. The SMILES string of the molecule is CC1=CC=C(N2C(=S)N(c3ccc(C#N)c(C(F)(F)F)c3)C(=O)C23CCC3)CC1. The molecular formula is C21H18F3N3OS. The summed E-state index contributed by atoms with van der Waals surface area (Å²) in [7, 11) is 0. The fraction of sp³-hybridized carbons (Fsp3) is 0.381. The van der Waals surface area contributed by atoms with Crippen LogP contribution < -0.4 is 4.90 Å². The van der Waals surface area contributed by atoms with Crippen LogP contribution >= 0.6 is 12.2 Å². The molecule has 1 saturated carbocycles. The minimum atomic E-state index is -4.70. The van der Waals surface area contributed by atoms with Gasteiger partial charge >= 0.3 is 6.18 Å². The number of hydrogen-bond donors (Lipinski definition) is 0. The molecule has 0 unspecified atom stereocenters. The third kappa shape index (κ3) is 2.96. The smallest absolute Gasteiger partial charge is 0.307 e. The molecule has 29 heavy (non-hydrogen) atoms. The van der Waals surface area contributed by atoms with Crippen LogP contribution in [0.1, 0.15) is 50.2 Å². The van der Waals surface area contributed by atoms with Crippen LogP contribution in [0.4, 0.5) is 18.9 Å². The summed E-state index contributed by atoms with van der Waals surface area (Å²) in [6.45, 7) is 2.03. The van der Waals surface area contributed by atoms with Crippen LogP contribution in [0, 0.1) is 11.3 Å². The monoisotopic (exact) mass is 417 g/mol. The van der Waals surface area contributed by atoms with Crippen molar-refractivity contribution in [3.8, 4) is 6.07 Å². The lowest BCUT2D eigenvalue weighted by molar-refractivity contribution is -0.137. The molecule has 8 heteroatoms. The van der Waals surface area contributed by atoms with E-state index in [2.05, 4.69) is 0 Å². The zero-order valence-electron chi connectivity index (χ0n) is 15.7. The Kier molecular flexibility index (Phi) is 4.54. The molecule has 1 amide bonds. The van der Waals surface area contributed by atoms with Gasteiger partial charge in [0.05, 0.1) is 22.9 Å². The van der Waals surface area contributed by atoms with Crippen LogP contribution in [0.2, 0.25) is 0 Å². The number of halogens is 3. The van der Waals surface area contributed by atoms with Gasteiger partial charge in [-0.05, 0) is 75.5 Å². The Hall–Kier alpha value is -2.66. The summed E-state index contributed by atoms with van der Waals surface area (Å²) in [6.07, 6.45) is 2.91. The lowest BCUT2D eigenvalue weighted by Crippen LogP contribution is -2.54. The maximum Gasteiger partial charge on any atom is 0.417 e. The molecule has 0 aromatic heterocycles. The van der Waals surface area contributed by atoms with E-state index in [0.717, 1.165) is 37.1 Å². The van der Waals surface area contributed by atoms with Gasteiger partial charge in [0.15, 0.2) is 5.11 Å². The third-order valence-electron chi connectivity index (χ3n) is 5.90. The quantitative estimate of drug-likeness (QED) is 0.632. The fourth-order valence-corrected chi connectivity index (χ4v) is 4.65. The Morgan fingerprint density at radius 2 is 1.93 bits per heavy atom.